The number of amides is 1. The number of aliphatic hydroxyl groups is 1. The Bertz CT molecular complexity index is 820. The molecule has 1 amide bonds. The molecule has 10 heteroatoms. The molecule has 0 radical (unpaired) electrons. The minimum Gasteiger partial charge on any atom is -0.477 e. The van der Waals surface area contributed by atoms with Crippen molar-refractivity contribution in [1.29, 1.82) is 0 Å². The zero-order valence-electron chi connectivity index (χ0n) is 17.4. The van der Waals surface area contributed by atoms with Gasteiger partial charge in [-0.2, -0.15) is 0 Å². The van der Waals surface area contributed by atoms with Crippen molar-refractivity contribution in [3.05, 3.63) is 21.9 Å². The maximum Gasteiger partial charge on any atom is 0.408 e. The summed E-state index contributed by atoms with van der Waals surface area (Å²) in [6, 6.07) is -0.688. The van der Waals surface area contributed by atoms with Crippen molar-refractivity contribution < 1.29 is 24.3 Å². The Balaban J connectivity index is 1.93. The van der Waals surface area contributed by atoms with E-state index in [2.05, 4.69) is 10.3 Å². The molecule has 2 N–H and O–H groups in total. The lowest BCUT2D eigenvalue weighted by molar-refractivity contribution is -0.384. The van der Waals surface area contributed by atoms with Crippen LogP contribution in [0.4, 0.5) is 16.2 Å². The van der Waals surface area contributed by atoms with Crippen molar-refractivity contribution in [2.75, 3.05) is 24.6 Å². The molecule has 3 heterocycles. The molecule has 0 aromatic carbocycles. The van der Waals surface area contributed by atoms with E-state index >= 15 is 0 Å². The van der Waals surface area contributed by atoms with Gasteiger partial charge in [0.15, 0.2) is 0 Å². The number of rotatable bonds is 3. The maximum atomic E-state index is 12.3. The van der Waals surface area contributed by atoms with Crippen LogP contribution in [0.3, 0.4) is 0 Å². The highest BCUT2D eigenvalue weighted by molar-refractivity contribution is 5.72. The zero-order chi connectivity index (χ0) is 21.6. The summed E-state index contributed by atoms with van der Waals surface area (Å²) in [5, 5.41) is 25.4. The number of alkyl carbamates (subject to hydrolysis) is 1. The molecule has 2 aliphatic heterocycles. The van der Waals surface area contributed by atoms with Crippen molar-refractivity contribution in [3.8, 4) is 5.88 Å². The third kappa shape index (κ3) is 4.21. The Kier molecular flexibility index (Phi) is 5.33. The Hall–Kier alpha value is -2.62. The molecule has 1 aromatic rings. The van der Waals surface area contributed by atoms with E-state index in [1.165, 1.54) is 6.20 Å². The molecule has 0 unspecified atom stereocenters. The summed E-state index contributed by atoms with van der Waals surface area (Å²) < 4.78 is 10.8. The second kappa shape index (κ2) is 7.33. The van der Waals surface area contributed by atoms with Crippen LogP contribution in [0.15, 0.2) is 6.20 Å². The average molecular weight is 408 g/mol. The van der Waals surface area contributed by atoms with Gasteiger partial charge < -0.3 is 24.8 Å². The van der Waals surface area contributed by atoms with Crippen LogP contribution in [-0.4, -0.2) is 58.0 Å². The van der Waals surface area contributed by atoms with Gasteiger partial charge >= 0.3 is 11.8 Å². The minimum absolute atomic E-state index is 0.112. The van der Waals surface area contributed by atoms with Gasteiger partial charge in [-0.25, -0.2) is 9.78 Å². The van der Waals surface area contributed by atoms with Crippen molar-refractivity contribution in [1.82, 2.24) is 10.3 Å². The fourth-order valence-corrected chi connectivity index (χ4v) is 3.76. The normalized spacial score (nSPS) is 26.5. The fourth-order valence-electron chi connectivity index (χ4n) is 3.76. The minimum atomic E-state index is -1.21. The van der Waals surface area contributed by atoms with Crippen molar-refractivity contribution >= 4 is 17.5 Å². The number of nitrogens with zero attached hydrogens (tertiary/aromatic N) is 3. The van der Waals surface area contributed by atoms with Crippen molar-refractivity contribution in [3.63, 3.8) is 0 Å². The molecule has 0 saturated carbocycles. The van der Waals surface area contributed by atoms with Crippen LogP contribution in [0, 0.1) is 16.0 Å². The topological polar surface area (TPSA) is 127 Å². The van der Waals surface area contributed by atoms with Crippen LogP contribution in [0.25, 0.3) is 0 Å². The van der Waals surface area contributed by atoms with Gasteiger partial charge in [-0.3, -0.25) is 10.1 Å². The molecule has 0 bridgehead atoms. The lowest BCUT2D eigenvalue weighted by atomic mass is 9.79. The fraction of sp³-hybridized carbons (Fsp3) is 0.684. The predicted octanol–water partition coefficient (Wildman–Crippen LogP) is 2.03. The number of aromatic nitrogens is 1. The number of fused-ring (bicyclic) bond motifs is 1. The number of pyridine rings is 1. The maximum absolute atomic E-state index is 12.3. The van der Waals surface area contributed by atoms with Crippen molar-refractivity contribution in [2.24, 2.45) is 5.92 Å². The summed E-state index contributed by atoms with van der Waals surface area (Å²) in [7, 11) is 0. The van der Waals surface area contributed by atoms with Gasteiger partial charge in [0.25, 0.3) is 0 Å². The predicted molar refractivity (Wildman–Crippen MR) is 105 cm³/mol. The van der Waals surface area contributed by atoms with E-state index in [0.29, 0.717) is 36.7 Å². The number of anilines is 1. The van der Waals surface area contributed by atoms with Crippen molar-refractivity contribution in [2.45, 2.75) is 58.3 Å². The highest BCUT2D eigenvalue weighted by Crippen LogP contribution is 2.42. The second-order valence-electron chi connectivity index (χ2n) is 8.86. The van der Waals surface area contributed by atoms with Gasteiger partial charge in [-0.05, 0) is 27.7 Å². The highest BCUT2D eigenvalue weighted by Gasteiger charge is 2.46. The molecule has 1 fully saturated rings. The van der Waals surface area contributed by atoms with Crippen LogP contribution < -0.4 is 15.0 Å². The number of hydrogen-bond acceptors (Lipinski definition) is 8. The summed E-state index contributed by atoms with van der Waals surface area (Å²) in [4.78, 5) is 29.4. The number of hydrogen-bond donors (Lipinski definition) is 2. The smallest absolute Gasteiger partial charge is 0.408 e. The highest BCUT2D eigenvalue weighted by atomic mass is 16.6. The molecule has 10 nitrogen and oxygen atoms in total. The first-order valence-electron chi connectivity index (χ1n) is 9.66. The molecule has 29 heavy (non-hydrogen) atoms. The molecule has 160 valence electrons. The van der Waals surface area contributed by atoms with Gasteiger partial charge in [0.1, 0.15) is 17.5 Å². The Morgan fingerprint density at radius 1 is 1.48 bits per heavy atom. The third-order valence-electron chi connectivity index (χ3n) is 5.49. The van der Waals surface area contributed by atoms with E-state index in [9.17, 15) is 20.0 Å². The number of nitrogens with one attached hydrogen (secondary N) is 1. The summed E-state index contributed by atoms with van der Waals surface area (Å²) in [6.45, 7) is 9.76. The monoisotopic (exact) mass is 408 g/mol. The average Bonchev–Trinajstić information content (AvgIpc) is 3.05. The molecule has 3 rings (SSSR count). The molecular formula is C19H28N4O6. The Morgan fingerprint density at radius 3 is 2.79 bits per heavy atom. The van der Waals surface area contributed by atoms with Crippen LogP contribution >= 0.6 is 0 Å². The van der Waals surface area contributed by atoms with E-state index in [0.717, 1.165) is 0 Å². The van der Waals surface area contributed by atoms with Gasteiger partial charge in [-0.1, -0.05) is 6.92 Å². The van der Waals surface area contributed by atoms with E-state index in [4.69, 9.17) is 9.47 Å². The summed E-state index contributed by atoms with van der Waals surface area (Å²) in [5.74, 6) is 0.120. The number of piperidine rings is 1. The largest absolute Gasteiger partial charge is 0.477 e. The van der Waals surface area contributed by atoms with Crippen LogP contribution in [-0.2, 0) is 11.2 Å². The first kappa shape index (κ1) is 21.1. The van der Waals surface area contributed by atoms with Gasteiger partial charge in [0.05, 0.1) is 23.2 Å². The molecule has 0 spiro atoms. The standard InChI is InChI=1S/C19H28N4O6/c1-11-9-22(10-14(19(11,5)25)21-17(24)29-18(2,3)4)15-12-6-7-28-16(12)20-8-13(15)23(26)27/h8,11,14,25H,6-7,9-10H2,1-5H3,(H,21,24)/t11-,14+,19+/m0/s1. The molecular weight excluding hydrogens is 380 g/mol. The van der Waals surface area contributed by atoms with Gasteiger partial charge in [0, 0.05) is 31.0 Å². The van der Waals surface area contributed by atoms with Crippen LogP contribution in [0.2, 0.25) is 0 Å². The molecule has 0 aliphatic carbocycles. The van der Waals surface area contributed by atoms with E-state index < -0.39 is 28.3 Å². The Morgan fingerprint density at radius 2 is 2.17 bits per heavy atom. The molecule has 2 aliphatic rings. The van der Waals surface area contributed by atoms with E-state index in [1.807, 2.05) is 11.8 Å². The van der Waals surface area contributed by atoms with Gasteiger partial charge in [0.2, 0.25) is 5.88 Å². The SMILES string of the molecule is C[C@H]1CN(c2c([N+](=O)[O-])cnc3c2CCO3)C[C@@H](NC(=O)OC(C)(C)C)[C@]1(C)O. The van der Waals surface area contributed by atoms with Crippen LogP contribution in [0.1, 0.15) is 40.2 Å². The third-order valence-corrected chi connectivity index (χ3v) is 5.49. The number of carbonyl (C=O) groups excluding carboxylic acids is 1. The summed E-state index contributed by atoms with van der Waals surface area (Å²) in [6.07, 6.45) is 1.08. The summed E-state index contributed by atoms with van der Waals surface area (Å²) in [5.41, 5.74) is -0.883. The second-order valence-corrected chi connectivity index (χ2v) is 8.86. The number of carbonyl (C=O) groups is 1. The summed E-state index contributed by atoms with van der Waals surface area (Å²) >= 11 is 0. The first-order valence-corrected chi connectivity index (χ1v) is 9.66. The number of nitro groups is 1. The quantitative estimate of drug-likeness (QED) is 0.574. The van der Waals surface area contributed by atoms with E-state index in [-0.39, 0.29) is 18.2 Å². The molecule has 1 aromatic heterocycles. The molecule has 3 atom stereocenters. The molecule has 1 saturated heterocycles. The van der Waals surface area contributed by atoms with Crippen LogP contribution in [0.5, 0.6) is 5.88 Å². The number of ether oxygens (including phenoxy) is 2. The van der Waals surface area contributed by atoms with E-state index in [1.54, 1.807) is 27.7 Å². The van der Waals surface area contributed by atoms with Gasteiger partial charge in [-0.15, -0.1) is 0 Å². The zero-order valence-corrected chi connectivity index (χ0v) is 17.4. The Labute approximate surface area is 169 Å². The first-order chi connectivity index (χ1) is 13.4. The lowest BCUT2D eigenvalue weighted by Crippen LogP contribution is -2.65. The lowest BCUT2D eigenvalue weighted by Gasteiger charge is -2.47.